The second-order valence-electron chi connectivity index (χ2n) is 6.82. The smallest absolute Gasteiger partial charge is 0.137 e. The predicted molar refractivity (Wildman–Crippen MR) is 112 cm³/mol. The zero-order chi connectivity index (χ0) is 17.4. The Bertz CT molecular complexity index is 920. The molecule has 1 aliphatic heterocycles. The van der Waals surface area contributed by atoms with Crippen LogP contribution < -0.4 is 4.74 Å². The van der Waals surface area contributed by atoms with Gasteiger partial charge in [-0.05, 0) is 53.1 Å². The topological polar surface area (TPSA) is 12.5 Å². The van der Waals surface area contributed by atoms with E-state index in [0.29, 0.717) is 10.9 Å². The lowest BCUT2D eigenvalue weighted by Gasteiger charge is -2.24. The summed E-state index contributed by atoms with van der Waals surface area (Å²) in [6.07, 6.45) is 1.01. The van der Waals surface area contributed by atoms with Crippen molar-refractivity contribution >= 4 is 34.8 Å². The van der Waals surface area contributed by atoms with Gasteiger partial charge >= 0.3 is 0 Å². The molecule has 3 aromatic rings. The number of nitrogens with zero attached hydrogens (tertiary/aromatic N) is 1. The second-order valence-corrected chi connectivity index (χ2v) is 7.23. The number of likely N-dealkylation sites (N-methyl/N-ethyl adjacent to an activating group) is 1. The molecule has 4 rings (SSSR count). The first kappa shape index (κ1) is 19.0. The van der Waals surface area contributed by atoms with Crippen molar-refractivity contribution in [3.63, 3.8) is 0 Å². The average Bonchev–Trinajstić information content (AvgIpc) is 2.79. The van der Waals surface area contributed by atoms with E-state index in [0.717, 1.165) is 25.3 Å². The fraction of sp³-hybridized carbons (Fsp3) is 0.273. The molecule has 0 N–H and O–H groups in total. The van der Waals surface area contributed by atoms with Gasteiger partial charge in [-0.15, -0.1) is 12.4 Å². The Hall–Kier alpha value is -1.74. The maximum Gasteiger partial charge on any atom is 0.137 e. The van der Waals surface area contributed by atoms with E-state index in [1.54, 1.807) is 7.11 Å². The van der Waals surface area contributed by atoms with Gasteiger partial charge in [-0.2, -0.15) is 0 Å². The molecular formula is C22H23Cl2NO. The van der Waals surface area contributed by atoms with Crippen LogP contribution in [-0.2, 0) is 6.42 Å². The molecule has 0 bridgehead atoms. The third-order valence-corrected chi connectivity index (χ3v) is 5.54. The molecule has 1 unspecified atom stereocenters. The summed E-state index contributed by atoms with van der Waals surface area (Å²) in [5.41, 5.74) is 4.03. The number of rotatable bonds is 2. The number of benzene rings is 3. The molecule has 26 heavy (non-hydrogen) atoms. The minimum Gasteiger partial charge on any atom is -0.495 e. The Morgan fingerprint density at radius 1 is 1.04 bits per heavy atom. The molecule has 2 nitrogen and oxygen atoms in total. The van der Waals surface area contributed by atoms with Crippen LogP contribution in [-0.4, -0.2) is 32.1 Å². The Kier molecular flexibility index (Phi) is 5.76. The van der Waals surface area contributed by atoms with Gasteiger partial charge in [0, 0.05) is 19.0 Å². The Labute approximate surface area is 166 Å². The van der Waals surface area contributed by atoms with E-state index < -0.39 is 0 Å². The number of methoxy groups -OCH3 is 1. The molecule has 0 aliphatic carbocycles. The number of halogens is 2. The lowest BCUT2D eigenvalue weighted by molar-refractivity contribution is 0.338. The highest BCUT2D eigenvalue weighted by Crippen LogP contribution is 2.39. The zero-order valence-corrected chi connectivity index (χ0v) is 16.6. The van der Waals surface area contributed by atoms with E-state index in [1.165, 1.54) is 27.5 Å². The molecule has 1 atom stereocenters. The van der Waals surface area contributed by atoms with Gasteiger partial charge in [0.25, 0.3) is 0 Å². The molecular weight excluding hydrogens is 365 g/mol. The summed E-state index contributed by atoms with van der Waals surface area (Å²) in [5, 5.41) is 3.31. The van der Waals surface area contributed by atoms with Crippen molar-refractivity contribution in [1.29, 1.82) is 0 Å². The number of hydrogen-bond donors (Lipinski definition) is 0. The van der Waals surface area contributed by atoms with Gasteiger partial charge in [-0.3, -0.25) is 0 Å². The van der Waals surface area contributed by atoms with Crippen LogP contribution in [0.1, 0.15) is 22.6 Å². The van der Waals surface area contributed by atoms with Gasteiger partial charge in [0.15, 0.2) is 0 Å². The predicted octanol–water partition coefficient (Wildman–Crippen LogP) is 5.54. The lowest BCUT2D eigenvalue weighted by atomic mass is 9.85. The molecule has 1 heterocycles. The van der Waals surface area contributed by atoms with E-state index in [-0.39, 0.29) is 12.4 Å². The highest BCUT2D eigenvalue weighted by atomic mass is 35.5. The Balaban J connectivity index is 0.00000196. The fourth-order valence-corrected chi connectivity index (χ4v) is 4.20. The first-order chi connectivity index (χ1) is 12.2. The van der Waals surface area contributed by atoms with Crippen molar-refractivity contribution in [2.45, 2.75) is 12.3 Å². The molecule has 0 radical (unpaired) electrons. The maximum absolute atomic E-state index is 6.40. The third kappa shape index (κ3) is 3.42. The zero-order valence-electron chi connectivity index (χ0n) is 15.0. The summed E-state index contributed by atoms with van der Waals surface area (Å²) in [5.74, 6) is 1.06. The standard InChI is InChI=1S/C22H22ClNO.ClH/c1-24-11-10-16-12-21(23)22(25-2)13-19(16)20(14-24)18-9-5-7-15-6-3-4-8-17(15)18;/h3-9,12-13,20H,10-11,14H2,1-2H3;1H. The first-order valence-electron chi connectivity index (χ1n) is 8.70. The minimum absolute atomic E-state index is 0. The van der Waals surface area contributed by atoms with Crippen molar-refractivity contribution in [2.75, 3.05) is 27.2 Å². The summed E-state index contributed by atoms with van der Waals surface area (Å²) in [6.45, 7) is 2.03. The largest absolute Gasteiger partial charge is 0.495 e. The van der Waals surface area contributed by atoms with Crippen LogP contribution in [0.2, 0.25) is 5.02 Å². The SMILES string of the molecule is COc1cc2c(cc1Cl)CCN(C)CC2c1cccc2ccccc12.Cl. The Morgan fingerprint density at radius 3 is 2.62 bits per heavy atom. The molecule has 3 aromatic carbocycles. The molecule has 0 aromatic heterocycles. The third-order valence-electron chi connectivity index (χ3n) is 5.24. The summed E-state index contributed by atoms with van der Waals surface area (Å²) >= 11 is 6.40. The fourth-order valence-electron chi connectivity index (χ4n) is 3.94. The van der Waals surface area contributed by atoms with Crippen LogP contribution >= 0.6 is 24.0 Å². The molecule has 4 heteroatoms. The van der Waals surface area contributed by atoms with Crippen LogP contribution in [0, 0.1) is 0 Å². The monoisotopic (exact) mass is 387 g/mol. The number of hydrogen-bond acceptors (Lipinski definition) is 2. The normalized spacial score (nSPS) is 17.3. The molecule has 0 saturated carbocycles. The molecule has 1 aliphatic rings. The van der Waals surface area contributed by atoms with Crippen molar-refractivity contribution in [2.24, 2.45) is 0 Å². The van der Waals surface area contributed by atoms with Crippen molar-refractivity contribution in [3.05, 3.63) is 76.3 Å². The highest BCUT2D eigenvalue weighted by molar-refractivity contribution is 6.32. The van der Waals surface area contributed by atoms with E-state index in [1.807, 2.05) is 0 Å². The van der Waals surface area contributed by atoms with Crippen molar-refractivity contribution in [1.82, 2.24) is 4.90 Å². The summed E-state index contributed by atoms with van der Waals surface area (Å²) < 4.78 is 5.50. The quantitative estimate of drug-likeness (QED) is 0.571. The van der Waals surface area contributed by atoms with Gasteiger partial charge < -0.3 is 9.64 Å². The van der Waals surface area contributed by atoms with Crippen LogP contribution in [0.15, 0.2) is 54.6 Å². The average molecular weight is 388 g/mol. The van der Waals surface area contributed by atoms with E-state index >= 15 is 0 Å². The minimum atomic E-state index is 0. The van der Waals surface area contributed by atoms with Crippen LogP contribution in [0.4, 0.5) is 0 Å². The molecule has 0 spiro atoms. The van der Waals surface area contributed by atoms with Crippen LogP contribution in [0.3, 0.4) is 0 Å². The maximum atomic E-state index is 6.40. The van der Waals surface area contributed by atoms with Crippen LogP contribution in [0.25, 0.3) is 10.8 Å². The van der Waals surface area contributed by atoms with Gasteiger partial charge in [0.1, 0.15) is 5.75 Å². The summed E-state index contributed by atoms with van der Waals surface area (Å²) in [6, 6.07) is 19.5. The summed E-state index contributed by atoms with van der Waals surface area (Å²) in [7, 11) is 3.88. The van der Waals surface area contributed by atoms with Gasteiger partial charge in [0.2, 0.25) is 0 Å². The molecule has 0 fully saturated rings. The van der Waals surface area contributed by atoms with Gasteiger partial charge in [-0.25, -0.2) is 0 Å². The van der Waals surface area contributed by atoms with E-state index in [2.05, 4.69) is 66.5 Å². The first-order valence-corrected chi connectivity index (χ1v) is 9.07. The van der Waals surface area contributed by atoms with E-state index in [9.17, 15) is 0 Å². The molecule has 0 saturated heterocycles. The van der Waals surface area contributed by atoms with Gasteiger partial charge in [0.05, 0.1) is 12.1 Å². The van der Waals surface area contributed by atoms with E-state index in [4.69, 9.17) is 16.3 Å². The molecule has 136 valence electrons. The van der Waals surface area contributed by atoms with Crippen LogP contribution in [0.5, 0.6) is 5.75 Å². The van der Waals surface area contributed by atoms with Crippen molar-refractivity contribution in [3.8, 4) is 5.75 Å². The Morgan fingerprint density at radius 2 is 1.81 bits per heavy atom. The summed E-state index contributed by atoms with van der Waals surface area (Å²) in [4.78, 5) is 2.41. The highest BCUT2D eigenvalue weighted by Gasteiger charge is 2.25. The number of ether oxygens (including phenoxy) is 1. The lowest BCUT2D eigenvalue weighted by Crippen LogP contribution is -2.24. The van der Waals surface area contributed by atoms with Gasteiger partial charge in [-0.1, -0.05) is 54.1 Å². The van der Waals surface area contributed by atoms with Crippen molar-refractivity contribution < 1.29 is 4.74 Å². The molecule has 0 amide bonds. The number of fused-ring (bicyclic) bond motifs is 2. The second kappa shape index (κ2) is 7.87.